The van der Waals surface area contributed by atoms with Crippen molar-refractivity contribution >= 4 is 35.2 Å². The molecule has 1 aliphatic heterocycles. The van der Waals surface area contributed by atoms with Crippen molar-refractivity contribution in [3.8, 4) is 0 Å². The fourth-order valence-electron chi connectivity index (χ4n) is 3.52. The molecule has 10 heteroatoms. The molecule has 3 rings (SSSR count). The fourth-order valence-corrected chi connectivity index (χ4v) is 3.52. The van der Waals surface area contributed by atoms with Crippen molar-refractivity contribution in [3.05, 3.63) is 59.2 Å². The summed E-state index contributed by atoms with van der Waals surface area (Å²) in [7, 11) is 0. The van der Waals surface area contributed by atoms with Crippen LogP contribution >= 0.6 is 0 Å². The predicted octanol–water partition coefficient (Wildman–Crippen LogP) is 1.97. The van der Waals surface area contributed by atoms with Crippen LogP contribution in [-0.2, 0) is 20.7 Å². The molecule has 0 aromatic heterocycles. The first-order chi connectivity index (χ1) is 15.8. The highest BCUT2D eigenvalue weighted by molar-refractivity contribution is 5.97. The molecule has 2 atom stereocenters. The maximum Gasteiger partial charge on any atom is 0.338 e. The SMILES string of the molecule is CCOC(=O)c1cccc(NC(C[C@@H](NC(=O)c2ccc3c(c2)CCN3)C(=O)O)C(=O)O)c1. The highest BCUT2D eigenvalue weighted by atomic mass is 16.5. The number of hydrogen-bond donors (Lipinski definition) is 5. The zero-order valence-electron chi connectivity index (χ0n) is 18.0. The van der Waals surface area contributed by atoms with Gasteiger partial charge in [-0.15, -0.1) is 0 Å². The molecule has 174 valence electrons. The molecule has 2 aromatic rings. The molecule has 2 aromatic carbocycles. The summed E-state index contributed by atoms with van der Waals surface area (Å²) in [5, 5.41) is 27.5. The third-order valence-corrected chi connectivity index (χ3v) is 5.16. The number of anilines is 2. The van der Waals surface area contributed by atoms with Crippen molar-refractivity contribution in [3.63, 3.8) is 0 Å². The van der Waals surface area contributed by atoms with E-state index in [1.165, 1.54) is 12.1 Å². The Kier molecular flexibility index (Phi) is 7.50. The van der Waals surface area contributed by atoms with Crippen LogP contribution in [0.15, 0.2) is 42.5 Å². The Labute approximate surface area is 189 Å². The average Bonchev–Trinajstić information content (AvgIpc) is 3.26. The van der Waals surface area contributed by atoms with Gasteiger partial charge in [-0.25, -0.2) is 14.4 Å². The number of rotatable bonds is 10. The highest BCUT2D eigenvalue weighted by Crippen LogP contribution is 2.23. The average molecular weight is 455 g/mol. The number of carboxylic acids is 2. The van der Waals surface area contributed by atoms with Gasteiger partial charge in [0.25, 0.3) is 5.91 Å². The standard InChI is InChI=1S/C23H25N3O7/c1-2-33-23(32)15-4-3-5-16(11-15)25-18(21(28)29)12-19(22(30)31)26-20(27)14-6-7-17-13(10-14)8-9-24-17/h3-7,10-11,18-19,24-25H,2,8-9,12H2,1H3,(H,26,27)(H,28,29)(H,30,31)/t18?,19-/m1/s1. The molecule has 1 aliphatic rings. The summed E-state index contributed by atoms with van der Waals surface area (Å²) in [6, 6.07) is 8.27. The van der Waals surface area contributed by atoms with Crippen LogP contribution in [0, 0.1) is 0 Å². The lowest BCUT2D eigenvalue weighted by atomic mass is 10.0. The van der Waals surface area contributed by atoms with E-state index in [2.05, 4.69) is 16.0 Å². The number of esters is 1. The Morgan fingerprint density at radius 3 is 2.48 bits per heavy atom. The second kappa shape index (κ2) is 10.5. The molecule has 1 amide bonds. The van der Waals surface area contributed by atoms with E-state index in [4.69, 9.17) is 4.74 Å². The van der Waals surface area contributed by atoms with E-state index in [-0.39, 0.29) is 12.2 Å². The van der Waals surface area contributed by atoms with Gasteiger partial charge in [0.1, 0.15) is 12.1 Å². The largest absolute Gasteiger partial charge is 0.480 e. The van der Waals surface area contributed by atoms with Gasteiger partial charge in [0.2, 0.25) is 0 Å². The molecule has 0 spiro atoms. The first kappa shape index (κ1) is 23.6. The maximum absolute atomic E-state index is 12.6. The number of amides is 1. The quantitative estimate of drug-likeness (QED) is 0.338. The zero-order chi connectivity index (χ0) is 24.0. The van der Waals surface area contributed by atoms with Crippen LogP contribution in [0.3, 0.4) is 0 Å². The van der Waals surface area contributed by atoms with E-state index in [0.29, 0.717) is 11.3 Å². The lowest BCUT2D eigenvalue weighted by Crippen LogP contribution is -2.46. The Morgan fingerprint density at radius 2 is 1.79 bits per heavy atom. The van der Waals surface area contributed by atoms with Gasteiger partial charge in [-0.05, 0) is 55.3 Å². The summed E-state index contributed by atoms with van der Waals surface area (Å²) in [6.45, 7) is 2.62. The second-order valence-corrected chi connectivity index (χ2v) is 7.49. The summed E-state index contributed by atoms with van der Waals surface area (Å²) in [4.78, 5) is 48.1. The van der Waals surface area contributed by atoms with Crippen LogP contribution in [0.5, 0.6) is 0 Å². The Balaban J connectivity index is 1.71. The van der Waals surface area contributed by atoms with E-state index in [1.807, 2.05) is 0 Å². The van der Waals surface area contributed by atoms with Crippen molar-refractivity contribution in [2.24, 2.45) is 0 Å². The minimum Gasteiger partial charge on any atom is -0.480 e. The molecule has 0 radical (unpaired) electrons. The molecule has 0 saturated heterocycles. The zero-order valence-corrected chi connectivity index (χ0v) is 18.0. The first-order valence-corrected chi connectivity index (χ1v) is 10.5. The molecule has 1 unspecified atom stereocenters. The Hall–Kier alpha value is -4.08. The number of benzene rings is 2. The molecule has 0 aliphatic carbocycles. The number of fused-ring (bicyclic) bond motifs is 1. The minimum absolute atomic E-state index is 0.189. The maximum atomic E-state index is 12.6. The number of carbonyl (C=O) groups is 4. The molecule has 1 heterocycles. The molecular formula is C23H25N3O7. The summed E-state index contributed by atoms with van der Waals surface area (Å²) >= 11 is 0. The van der Waals surface area contributed by atoms with Crippen molar-refractivity contribution in [1.82, 2.24) is 5.32 Å². The van der Waals surface area contributed by atoms with Crippen LogP contribution in [0.1, 0.15) is 39.6 Å². The summed E-state index contributed by atoms with van der Waals surface area (Å²) in [5.41, 5.74) is 2.71. The van der Waals surface area contributed by atoms with Crippen LogP contribution in [0.4, 0.5) is 11.4 Å². The van der Waals surface area contributed by atoms with Crippen molar-refractivity contribution < 1.29 is 34.1 Å². The normalized spacial score (nSPS) is 13.7. The molecule has 0 fully saturated rings. The van der Waals surface area contributed by atoms with Gasteiger partial charge in [0.15, 0.2) is 0 Å². The van der Waals surface area contributed by atoms with Gasteiger partial charge in [-0.2, -0.15) is 0 Å². The number of nitrogens with one attached hydrogen (secondary N) is 3. The van der Waals surface area contributed by atoms with Crippen LogP contribution < -0.4 is 16.0 Å². The minimum atomic E-state index is -1.45. The van der Waals surface area contributed by atoms with Gasteiger partial charge in [0, 0.05) is 29.9 Å². The first-order valence-electron chi connectivity index (χ1n) is 10.5. The number of aliphatic carboxylic acids is 2. The van der Waals surface area contributed by atoms with Gasteiger partial charge in [0.05, 0.1) is 12.2 Å². The predicted molar refractivity (Wildman–Crippen MR) is 120 cm³/mol. The Morgan fingerprint density at radius 1 is 1.03 bits per heavy atom. The third-order valence-electron chi connectivity index (χ3n) is 5.16. The second-order valence-electron chi connectivity index (χ2n) is 7.49. The monoisotopic (exact) mass is 455 g/mol. The number of carbonyl (C=O) groups excluding carboxylic acids is 2. The highest BCUT2D eigenvalue weighted by Gasteiger charge is 2.29. The van der Waals surface area contributed by atoms with Crippen molar-refractivity contribution in [1.29, 1.82) is 0 Å². The van der Waals surface area contributed by atoms with E-state index in [0.717, 1.165) is 24.2 Å². The molecule has 0 bridgehead atoms. The topological polar surface area (TPSA) is 154 Å². The molecule has 5 N–H and O–H groups in total. The fraction of sp³-hybridized carbons (Fsp3) is 0.304. The van der Waals surface area contributed by atoms with Crippen molar-refractivity contribution in [2.45, 2.75) is 31.8 Å². The summed E-state index contributed by atoms with van der Waals surface area (Å²) in [6.07, 6.45) is 0.335. The van der Waals surface area contributed by atoms with Gasteiger partial charge < -0.3 is 30.9 Å². The molecule has 10 nitrogen and oxygen atoms in total. The van der Waals surface area contributed by atoms with Gasteiger partial charge >= 0.3 is 17.9 Å². The van der Waals surface area contributed by atoms with Crippen LogP contribution in [0.25, 0.3) is 0 Å². The van der Waals surface area contributed by atoms with E-state index < -0.39 is 42.3 Å². The molecule has 0 saturated carbocycles. The lowest BCUT2D eigenvalue weighted by Gasteiger charge is -2.21. The van der Waals surface area contributed by atoms with E-state index in [9.17, 15) is 29.4 Å². The third kappa shape index (κ3) is 6.00. The summed E-state index contributed by atoms with van der Waals surface area (Å²) in [5.74, 6) is -3.83. The van der Waals surface area contributed by atoms with E-state index >= 15 is 0 Å². The van der Waals surface area contributed by atoms with Crippen LogP contribution in [0.2, 0.25) is 0 Å². The molecular weight excluding hydrogens is 430 g/mol. The van der Waals surface area contributed by atoms with Crippen LogP contribution in [-0.4, -0.2) is 59.3 Å². The number of hydrogen-bond acceptors (Lipinski definition) is 7. The smallest absolute Gasteiger partial charge is 0.338 e. The number of ether oxygens (including phenoxy) is 1. The van der Waals surface area contributed by atoms with Gasteiger partial charge in [-0.3, -0.25) is 4.79 Å². The number of carboxylic acid groups (broad SMARTS) is 2. The Bertz CT molecular complexity index is 1070. The summed E-state index contributed by atoms with van der Waals surface area (Å²) < 4.78 is 4.93. The van der Waals surface area contributed by atoms with Crippen molar-refractivity contribution in [2.75, 3.05) is 23.8 Å². The van der Waals surface area contributed by atoms with Gasteiger partial charge in [-0.1, -0.05) is 6.07 Å². The van der Waals surface area contributed by atoms with E-state index in [1.54, 1.807) is 37.3 Å². The lowest BCUT2D eigenvalue weighted by molar-refractivity contribution is -0.141. The molecule has 33 heavy (non-hydrogen) atoms.